The van der Waals surface area contributed by atoms with Gasteiger partial charge in [0.05, 0.1) is 12.9 Å². The molecule has 25 heavy (non-hydrogen) atoms. The van der Waals surface area contributed by atoms with Crippen molar-refractivity contribution in [1.82, 2.24) is 14.9 Å². The maximum absolute atomic E-state index is 12.0. The maximum atomic E-state index is 12.0. The molecular formula is C18H23N3O4. The van der Waals surface area contributed by atoms with Crippen LogP contribution < -0.4 is 20.3 Å². The molecule has 0 saturated heterocycles. The molecule has 0 radical (unpaired) electrons. The highest BCUT2D eigenvalue weighted by atomic mass is 16.5. The molecule has 0 atom stereocenters. The van der Waals surface area contributed by atoms with Gasteiger partial charge in [-0.25, -0.2) is 4.98 Å². The number of rotatable bonds is 8. The van der Waals surface area contributed by atoms with E-state index in [1.807, 2.05) is 6.92 Å². The van der Waals surface area contributed by atoms with E-state index in [-0.39, 0.29) is 18.1 Å². The lowest BCUT2D eigenvalue weighted by Crippen LogP contribution is -2.34. The maximum Gasteiger partial charge on any atom is 0.258 e. The summed E-state index contributed by atoms with van der Waals surface area (Å²) in [6.45, 7) is 6.65. The Balaban J connectivity index is 1.76. The zero-order chi connectivity index (χ0) is 18.2. The van der Waals surface area contributed by atoms with Gasteiger partial charge >= 0.3 is 0 Å². The van der Waals surface area contributed by atoms with Crippen molar-refractivity contribution in [2.45, 2.75) is 27.3 Å². The first-order valence-electron chi connectivity index (χ1n) is 8.16. The summed E-state index contributed by atoms with van der Waals surface area (Å²) in [5, 5.41) is 2.72. The van der Waals surface area contributed by atoms with Gasteiger partial charge in [-0.15, -0.1) is 0 Å². The number of carbonyl (C=O) groups is 1. The van der Waals surface area contributed by atoms with Crippen LogP contribution in [0.15, 0.2) is 35.4 Å². The highest BCUT2D eigenvalue weighted by Crippen LogP contribution is 2.17. The number of hydrogen-bond donors (Lipinski definition) is 1. The molecule has 0 bridgehead atoms. The minimum atomic E-state index is -0.251. The topological polar surface area (TPSA) is 82.4 Å². The fraction of sp³-hybridized carbons (Fsp3) is 0.389. The molecule has 0 unspecified atom stereocenters. The van der Waals surface area contributed by atoms with E-state index in [9.17, 15) is 9.59 Å². The minimum Gasteiger partial charge on any atom is -0.494 e. The smallest absolute Gasteiger partial charge is 0.258 e. The van der Waals surface area contributed by atoms with Crippen molar-refractivity contribution in [1.29, 1.82) is 0 Å². The monoisotopic (exact) mass is 345 g/mol. The van der Waals surface area contributed by atoms with E-state index in [0.717, 1.165) is 5.75 Å². The van der Waals surface area contributed by atoms with Crippen LogP contribution in [-0.2, 0) is 11.3 Å². The number of aromatic nitrogens is 2. The van der Waals surface area contributed by atoms with Crippen molar-refractivity contribution in [2.24, 2.45) is 0 Å². The third-order valence-corrected chi connectivity index (χ3v) is 3.69. The van der Waals surface area contributed by atoms with Gasteiger partial charge in [0.15, 0.2) is 6.61 Å². The van der Waals surface area contributed by atoms with E-state index in [0.29, 0.717) is 36.7 Å². The third-order valence-electron chi connectivity index (χ3n) is 3.69. The summed E-state index contributed by atoms with van der Waals surface area (Å²) in [6, 6.07) is 7.07. The number of hydrogen-bond acceptors (Lipinski definition) is 5. The molecule has 0 saturated carbocycles. The molecule has 0 aliphatic rings. The molecular weight excluding hydrogens is 322 g/mol. The molecule has 1 heterocycles. The van der Waals surface area contributed by atoms with Crippen molar-refractivity contribution < 1.29 is 14.3 Å². The lowest BCUT2D eigenvalue weighted by atomic mass is 10.3. The van der Waals surface area contributed by atoms with Crippen LogP contribution in [0.1, 0.15) is 18.2 Å². The zero-order valence-electron chi connectivity index (χ0n) is 14.7. The second kappa shape index (κ2) is 8.86. The predicted octanol–water partition coefficient (Wildman–Crippen LogP) is 1.45. The number of carbonyl (C=O) groups excluding carboxylic acids is 1. The van der Waals surface area contributed by atoms with Gasteiger partial charge in [0, 0.05) is 24.3 Å². The molecule has 2 aromatic rings. The molecule has 0 spiro atoms. The molecule has 2 rings (SSSR count). The average Bonchev–Trinajstić information content (AvgIpc) is 2.61. The molecule has 1 aromatic heterocycles. The molecule has 0 aliphatic carbocycles. The number of ether oxygens (including phenoxy) is 2. The van der Waals surface area contributed by atoms with Crippen LogP contribution in [-0.4, -0.2) is 35.2 Å². The Bertz CT molecular complexity index is 769. The Morgan fingerprint density at radius 1 is 1.16 bits per heavy atom. The molecule has 7 heteroatoms. The first kappa shape index (κ1) is 18.5. The molecule has 0 aliphatic heterocycles. The predicted molar refractivity (Wildman–Crippen MR) is 94.1 cm³/mol. The van der Waals surface area contributed by atoms with Crippen LogP contribution in [0.2, 0.25) is 0 Å². The summed E-state index contributed by atoms with van der Waals surface area (Å²) < 4.78 is 12.2. The van der Waals surface area contributed by atoms with Gasteiger partial charge in [0.2, 0.25) is 0 Å². The highest BCUT2D eigenvalue weighted by Gasteiger charge is 2.06. The van der Waals surface area contributed by atoms with Gasteiger partial charge in [0.1, 0.15) is 11.5 Å². The fourth-order valence-electron chi connectivity index (χ4n) is 2.15. The summed E-state index contributed by atoms with van der Waals surface area (Å²) in [4.78, 5) is 28.0. The quantitative estimate of drug-likeness (QED) is 0.783. The first-order valence-corrected chi connectivity index (χ1v) is 8.16. The van der Waals surface area contributed by atoms with Gasteiger partial charge in [-0.05, 0) is 45.0 Å². The SMILES string of the molecule is CCOc1ccc(OCC(=O)NCCn2cnc(C)c(C)c2=O)cc1. The van der Waals surface area contributed by atoms with E-state index < -0.39 is 0 Å². The number of amides is 1. The lowest BCUT2D eigenvalue weighted by molar-refractivity contribution is -0.123. The number of benzene rings is 1. The van der Waals surface area contributed by atoms with Crippen LogP contribution in [0.25, 0.3) is 0 Å². The first-order chi connectivity index (χ1) is 12.0. The molecule has 7 nitrogen and oxygen atoms in total. The summed E-state index contributed by atoms with van der Waals surface area (Å²) >= 11 is 0. The number of nitrogens with zero attached hydrogens (tertiary/aromatic N) is 2. The minimum absolute atomic E-state index is 0.0892. The van der Waals surface area contributed by atoms with Gasteiger partial charge in [-0.1, -0.05) is 0 Å². The largest absolute Gasteiger partial charge is 0.494 e. The Morgan fingerprint density at radius 3 is 2.44 bits per heavy atom. The highest BCUT2D eigenvalue weighted by molar-refractivity contribution is 5.77. The lowest BCUT2D eigenvalue weighted by Gasteiger charge is -2.10. The second-order valence-corrected chi connectivity index (χ2v) is 5.50. The summed E-state index contributed by atoms with van der Waals surface area (Å²) in [7, 11) is 0. The summed E-state index contributed by atoms with van der Waals surface area (Å²) in [5.41, 5.74) is 1.24. The van der Waals surface area contributed by atoms with Crippen LogP contribution in [0, 0.1) is 13.8 Å². The summed E-state index contributed by atoms with van der Waals surface area (Å²) in [6.07, 6.45) is 1.49. The van der Waals surface area contributed by atoms with Crippen molar-refractivity contribution in [3.8, 4) is 11.5 Å². The zero-order valence-corrected chi connectivity index (χ0v) is 14.7. The number of aryl methyl sites for hydroxylation is 1. The fourth-order valence-corrected chi connectivity index (χ4v) is 2.15. The molecule has 1 aromatic carbocycles. The Hall–Kier alpha value is -2.83. The van der Waals surface area contributed by atoms with E-state index in [1.54, 1.807) is 38.1 Å². The van der Waals surface area contributed by atoms with Crippen LogP contribution >= 0.6 is 0 Å². The Kier molecular flexibility index (Phi) is 6.56. The molecule has 1 amide bonds. The third kappa shape index (κ3) is 5.34. The van der Waals surface area contributed by atoms with Gasteiger partial charge in [-0.2, -0.15) is 0 Å². The van der Waals surface area contributed by atoms with Crippen LogP contribution in [0.4, 0.5) is 0 Å². The van der Waals surface area contributed by atoms with Crippen molar-refractivity contribution in [3.05, 3.63) is 52.2 Å². The van der Waals surface area contributed by atoms with E-state index in [2.05, 4.69) is 10.3 Å². The standard InChI is InChI=1S/C18H23N3O4/c1-4-24-15-5-7-16(8-6-15)25-11-17(22)19-9-10-21-12-20-14(3)13(2)18(21)23/h5-8,12H,4,9-11H2,1-3H3,(H,19,22). The van der Waals surface area contributed by atoms with Crippen molar-refractivity contribution in [2.75, 3.05) is 19.8 Å². The van der Waals surface area contributed by atoms with E-state index in [1.165, 1.54) is 10.9 Å². The summed E-state index contributed by atoms with van der Waals surface area (Å²) in [5.74, 6) is 1.10. The van der Waals surface area contributed by atoms with Crippen molar-refractivity contribution >= 4 is 5.91 Å². The van der Waals surface area contributed by atoms with E-state index in [4.69, 9.17) is 9.47 Å². The van der Waals surface area contributed by atoms with Crippen LogP contribution in [0.5, 0.6) is 11.5 Å². The Labute approximate surface area is 146 Å². The molecule has 134 valence electrons. The second-order valence-electron chi connectivity index (χ2n) is 5.50. The van der Waals surface area contributed by atoms with Gasteiger partial charge in [0.25, 0.3) is 11.5 Å². The van der Waals surface area contributed by atoms with Gasteiger partial charge in [-0.3, -0.25) is 14.2 Å². The normalized spacial score (nSPS) is 10.4. The molecule has 0 fully saturated rings. The number of nitrogens with one attached hydrogen (secondary N) is 1. The van der Waals surface area contributed by atoms with E-state index >= 15 is 0 Å². The van der Waals surface area contributed by atoms with Gasteiger partial charge < -0.3 is 14.8 Å². The average molecular weight is 345 g/mol. The Morgan fingerprint density at radius 2 is 1.80 bits per heavy atom. The molecule has 1 N–H and O–H groups in total. The van der Waals surface area contributed by atoms with Crippen molar-refractivity contribution in [3.63, 3.8) is 0 Å². The van der Waals surface area contributed by atoms with Crippen LogP contribution in [0.3, 0.4) is 0 Å².